The number of ether oxygens (including phenoxy) is 1. The number of amides is 1. The van der Waals surface area contributed by atoms with E-state index in [1.165, 1.54) is 19.4 Å². The maximum absolute atomic E-state index is 12.2. The zero-order chi connectivity index (χ0) is 15.6. The molecule has 2 aromatic rings. The van der Waals surface area contributed by atoms with Crippen molar-refractivity contribution in [1.29, 1.82) is 0 Å². The second kappa shape index (κ2) is 6.32. The number of rotatable bonds is 3. The molecule has 0 aliphatic rings. The molecule has 0 bridgehead atoms. The lowest BCUT2D eigenvalue weighted by Crippen LogP contribution is -2.21. The smallest absolute Gasteiger partial charge is 0.261 e. The summed E-state index contributed by atoms with van der Waals surface area (Å²) < 4.78 is 5.81. The molecule has 0 atom stereocenters. The zero-order valence-electron chi connectivity index (χ0n) is 11.3. The van der Waals surface area contributed by atoms with Crippen LogP contribution in [-0.4, -0.2) is 18.0 Å². The molecule has 0 saturated heterocycles. The zero-order valence-corrected chi connectivity index (χ0v) is 13.6. The standard InChI is InChI=1S/C14H12BrClN2O3/c1-7-3-12(19)9(6-17-7)14(20)18-11-5-8(16)4-10(15)13(11)21-2/h3-6H,1-2H3,(H,17,19)(H,18,20). The molecule has 1 aromatic carbocycles. The fourth-order valence-corrected chi connectivity index (χ4v) is 2.77. The van der Waals surface area contributed by atoms with Crippen LogP contribution in [0.3, 0.4) is 0 Å². The summed E-state index contributed by atoms with van der Waals surface area (Å²) in [6.07, 6.45) is 1.37. The number of aryl methyl sites for hydroxylation is 1. The largest absolute Gasteiger partial charge is 0.493 e. The van der Waals surface area contributed by atoms with Crippen LogP contribution in [0.5, 0.6) is 5.75 Å². The fraction of sp³-hybridized carbons (Fsp3) is 0.143. The Labute approximate surface area is 134 Å². The van der Waals surface area contributed by atoms with Crippen LogP contribution in [0.15, 0.2) is 33.7 Å². The molecule has 110 valence electrons. The molecule has 0 unspecified atom stereocenters. The third-order valence-corrected chi connectivity index (χ3v) is 3.57. The van der Waals surface area contributed by atoms with Crippen LogP contribution in [-0.2, 0) is 0 Å². The molecule has 1 amide bonds. The highest BCUT2D eigenvalue weighted by atomic mass is 79.9. The van der Waals surface area contributed by atoms with E-state index < -0.39 is 5.91 Å². The van der Waals surface area contributed by atoms with E-state index in [0.717, 1.165) is 0 Å². The third kappa shape index (κ3) is 3.46. The predicted octanol–water partition coefficient (Wildman–Crippen LogP) is 3.36. The topological polar surface area (TPSA) is 71.2 Å². The summed E-state index contributed by atoms with van der Waals surface area (Å²) in [4.78, 5) is 26.8. The molecule has 0 radical (unpaired) electrons. The van der Waals surface area contributed by atoms with E-state index in [1.807, 2.05) is 0 Å². The number of carbonyl (C=O) groups is 1. The highest BCUT2D eigenvalue weighted by Gasteiger charge is 2.15. The summed E-state index contributed by atoms with van der Waals surface area (Å²) in [6.45, 7) is 1.74. The van der Waals surface area contributed by atoms with Gasteiger partial charge in [-0.15, -0.1) is 0 Å². The first-order valence-electron chi connectivity index (χ1n) is 5.96. The number of hydrogen-bond acceptors (Lipinski definition) is 3. The number of halogens is 2. The molecule has 0 fully saturated rings. The number of aromatic amines is 1. The van der Waals surface area contributed by atoms with Crippen molar-refractivity contribution < 1.29 is 9.53 Å². The molecule has 7 heteroatoms. The number of hydrogen-bond donors (Lipinski definition) is 2. The second-order valence-corrected chi connectivity index (χ2v) is 5.61. The Kier molecular flexibility index (Phi) is 4.69. The molecule has 21 heavy (non-hydrogen) atoms. The van der Waals surface area contributed by atoms with E-state index in [1.54, 1.807) is 19.1 Å². The van der Waals surface area contributed by atoms with Crippen molar-refractivity contribution in [3.05, 3.63) is 55.4 Å². The van der Waals surface area contributed by atoms with Crippen molar-refractivity contribution in [1.82, 2.24) is 4.98 Å². The Hall–Kier alpha value is -1.79. The summed E-state index contributed by atoms with van der Waals surface area (Å²) in [5.41, 5.74) is 0.712. The van der Waals surface area contributed by atoms with Gasteiger partial charge >= 0.3 is 0 Å². The van der Waals surface area contributed by atoms with Crippen LogP contribution < -0.4 is 15.5 Å². The highest BCUT2D eigenvalue weighted by Crippen LogP contribution is 2.36. The van der Waals surface area contributed by atoms with Crippen LogP contribution in [0.1, 0.15) is 16.1 Å². The van der Waals surface area contributed by atoms with Gasteiger partial charge in [0.2, 0.25) is 0 Å². The molecule has 2 rings (SSSR count). The van der Waals surface area contributed by atoms with Gasteiger partial charge in [-0.2, -0.15) is 0 Å². The molecule has 1 aromatic heterocycles. The Morgan fingerprint density at radius 1 is 1.38 bits per heavy atom. The molecule has 5 nitrogen and oxygen atoms in total. The van der Waals surface area contributed by atoms with E-state index in [4.69, 9.17) is 16.3 Å². The van der Waals surface area contributed by atoms with Crippen LogP contribution in [0.4, 0.5) is 5.69 Å². The average Bonchev–Trinajstić information content (AvgIpc) is 2.37. The Balaban J connectivity index is 2.38. The van der Waals surface area contributed by atoms with Gasteiger partial charge in [-0.25, -0.2) is 0 Å². The van der Waals surface area contributed by atoms with Gasteiger partial charge in [0, 0.05) is 23.0 Å². The van der Waals surface area contributed by atoms with Crippen molar-refractivity contribution in [3.63, 3.8) is 0 Å². The Morgan fingerprint density at radius 2 is 2.10 bits per heavy atom. The van der Waals surface area contributed by atoms with Gasteiger partial charge in [0.05, 0.1) is 17.3 Å². The van der Waals surface area contributed by atoms with E-state index >= 15 is 0 Å². The summed E-state index contributed by atoms with van der Waals surface area (Å²) in [6, 6.07) is 4.56. The summed E-state index contributed by atoms with van der Waals surface area (Å²) >= 11 is 9.26. The van der Waals surface area contributed by atoms with Crippen LogP contribution in [0.2, 0.25) is 5.02 Å². The first-order chi connectivity index (χ1) is 9.92. The van der Waals surface area contributed by atoms with Gasteiger partial charge in [-0.1, -0.05) is 11.6 Å². The lowest BCUT2D eigenvalue weighted by Gasteiger charge is -2.12. The number of aromatic nitrogens is 1. The molecule has 0 aliphatic carbocycles. The van der Waals surface area contributed by atoms with Gasteiger partial charge in [0.15, 0.2) is 11.2 Å². The van der Waals surface area contributed by atoms with Crippen LogP contribution >= 0.6 is 27.5 Å². The van der Waals surface area contributed by atoms with Gasteiger partial charge in [-0.3, -0.25) is 9.59 Å². The number of H-pyrrole nitrogens is 1. The minimum absolute atomic E-state index is 0.0127. The SMILES string of the molecule is COc1c(Br)cc(Cl)cc1NC(=O)c1c[nH]c(C)cc1=O. The summed E-state index contributed by atoms with van der Waals surface area (Å²) in [7, 11) is 1.47. The van der Waals surface area contributed by atoms with Crippen molar-refractivity contribution in [2.24, 2.45) is 0 Å². The second-order valence-electron chi connectivity index (χ2n) is 4.32. The normalized spacial score (nSPS) is 10.3. The molecule has 0 aliphatic heterocycles. The van der Waals surface area contributed by atoms with E-state index in [2.05, 4.69) is 26.2 Å². The number of nitrogens with one attached hydrogen (secondary N) is 2. The van der Waals surface area contributed by atoms with Crippen molar-refractivity contribution in [3.8, 4) is 5.75 Å². The van der Waals surface area contributed by atoms with Gasteiger partial charge in [-0.05, 0) is 35.0 Å². The lowest BCUT2D eigenvalue weighted by atomic mass is 10.2. The number of methoxy groups -OCH3 is 1. The average molecular weight is 372 g/mol. The number of carbonyl (C=O) groups excluding carboxylic acids is 1. The van der Waals surface area contributed by atoms with E-state index in [9.17, 15) is 9.59 Å². The fourth-order valence-electron chi connectivity index (χ4n) is 1.80. The molecule has 1 heterocycles. The monoisotopic (exact) mass is 370 g/mol. The van der Waals surface area contributed by atoms with Crippen molar-refractivity contribution >= 4 is 39.1 Å². The van der Waals surface area contributed by atoms with Gasteiger partial charge in [0.25, 0.3) is 5.91 Å². The predicted molar refractivity (Wildman–Crippen MR) is 85.5 cm³/mol. The summed E-state index contributed by atoms with van der Waals surface area (Å²) in [5.74, 6) is -0.111. The maximum atomic E-state index is 12.2. The molecular formula is C14H12BrClN2O3. The summed E-state index contributed by atoms with van der Waals surface area (Å²) in [5, 5.41) is 3.05. The quantitative estimate of drug-likeness (QED) is 0.869. The van der Waals surface area contributed by atoms with Gasteiger partial charge < -0.3 is 15.0 Å². The molecule has 2 N–H and O–H groups in total. The minimum atomic E-state index is -0.538. The number of benzene rings is 1. The highest BCUT2D eigenvalue weighted by molar-refractivity contribution is 9.10. The number of pyridine rings is 1. The van der Waals surface area contributed by atoms with E-state index in [0.29, 0.717) is 26.6 Å². The third-order valence-electron chi connectivity index (χ3n) is 2.76. The van der Waals surface area contributed by atoms with E-state index in [-0.39, 0.29) is 11.0 Å². The van der Waals surface area contributed by atoms with Crippen LogP contribution in [0.25, 0.3) is 0 Å². The first-order valence-corrected chi connectivity index (χ1v) is 7.13. The van der Waals surface area contributed by atoms with Crippen LogP contribution in [0, 0.1) is 6.92 Å². The first kappa shape index (κ1) is 15.6. The maximum Gasteiger partial charge on any atom is 0.261 e. The number of anilines is 1. The molecule has 0 spiro atoms. The minimum Gasteiger partial charge on any atom is -0.493 e. The van der Waals surface area contributed by atoms with Crippen molar-refractivity contribution in [2.75, 3.05) is 12.4 Å². The lowest BCUT2D eigenvalue weighted by molar-refractivity contribution is 0.102. The van der Waals surface area contributed by atoms with Gasteiger partial charge in [0.1, 0.15) is 5.56 Å². The molecular weight excluding hydrogens is 360 g/mol. The molecule has 0 saturated carbocycles. The Morgan fingerprint density at radius 3 is 2.71 bits per heavy atom. The van der Waals surface area contributed by atoms with Crippen molar-refractivity contribution in [2.45, 2.75) is 6.92 Å². The Bertz CT molecular complexity index is 758.